The second-order valence-electron chi connectivity index (χ2n) is 7.22. The number of tetrazole rings is 1. The van der Waals surface area contributed by atoms with E-state index in [4.69, 9.17) is 4.42 Å². The van der Waals surface area contributed by atoms with Crippen molar-refractivity contribution in [3.05, 3.63) is 81.6 Å². The molecule has 2 heterocycles. The van der Waals surface area contributed by atoms with Crippen LogP contribution in [-0.4, -0.2) is 37.3 Å². The van der Waals surface area contributed by atoms with Gasteiger partial charge >= 0.3 is 0 Å². The molecule has 2 aromatic heterocycles. The molecule has 166 valence electrons. The van der Waals surface area contributed by atoms with E-state index in [-0.39, 0.29) is 12.2 Å². The fourth-order valence-corrected chi connectivity index (χ4v) is 3.17. The lowest BCUT2D eigenvalue weighted by molar-refractivity contribution is -0.385. The summed E-state index contributed by atoms with van der Waals surface area (Å²) >= 11 is 0. The predicted molar refractivity (Wildman–Crippen MR) is 119 cm³/mol. The van der Waals surface area contributed by atoms with E-state index < -0.39 is 10.8 Å². The molecular weight excluding hydrogens is 426 g/mol. The molecule has 0 aliphatic heterocycles. The third-order valence-corrected chi connectivity index (χ3v) is 4.78. The molecule has 0 fully saturated rings. The van der Waals surface area contributed by atoms with Gasteiger partial charge in [-0.3, -0.25) is 14.9 Å². The van der Waals surface area contributed by atoms with Crippen molar-refractivity contribution < 1.29 is 14.1 Å². The largest absolute Gasteiger partial charge is 0.455 e. The standard InChI is InChI=1S/C22H19N7O4/c1-14-11-19(29(31)32)15(2)10-18(14)20-9-8-17(33-20)12-23-24-21(30)13-28-26-22(25-27-28)16-6-4-3-5-7-16/h3-12H,13H2,1-2H3,(H,24,30)/b23-12-. The highest BCUT2D eigenvalue weighted by Crippen LogP contribution is 2.30. The smallest absolute Gasteiger partial charge is 0.272 e. The Morgan fingerprint density at radius 1 is 1.18 bits per heavy atom. The number of hydrogen-bond donors (Lipinski definition) is 1. The number of benzene rings is 2. The van der Waals surface area contributed by atoms with Crippen molar-refractivity contribution in [2.45, 2.75) is 20.4 Å². The summed E-state index contributed by atoms with van der Waals surface area (Å²) in [6.07, 6.45) is 1.36. The lowest BCUT2D eigenvalue weighted by atomic mass is 10.0. The minimum absolute atomic E-state index is 0.0602. The van der Waals surface area contributed by atoms with Crippen molar-refractivity contribution in [3.63, 3.8) is 0 Å². The summed E-state index contributed by atoms with van der Waals surface area (Å²) in [4.78, 5) is 24.0. The van der Waals surface area contributed by atoms with Crippen molar-refractivity contribution in [1.82, 2.24) is 25.6 Å². The van der Waals surface area contributed by atoms with E-state index >= 15 is 0 Å². The first-order valence-corrected chi connectivity index (χ1v) is 9.91. The first-order valence-electron chi connectivity index (χ1n) is 9.91. The molecule has 11 heteroatoms. The Bertz CT molecular complexity index is 1340. The maximum atomic E-state index is 12.1. The number of hydrazone groups is 1. The number of aryl methyl sites for hydroxylation is 2. The van der Waals surface area contributed by atoms with E-state index in [1.165, 1.54) is 17.1 Å². The minimum Gasteiger partial charge on any atom is -0.455 e. The molecule has 0 unspecified atom stereocenters. The van der Waals surface area contributed by atoms with E-state index in [2.05, 4.69) is 25.9 Å². The topological polar surface area (TPSA) is 141 Å². The minimum atomic E-state index is -0.433. The summed E-state index contributed by atoms with van der Waals surface area (Å²) in [7, 11) is 0. The average molecular weight is 445 g/mol. The van der Waals surface area contributed by atoms with E-state index in [1.54, 1.807) is 32.0 Å². The van der Waals surface area contributed by atoms with Crippen LogP contribution < -0.4 is 5.43 Å². The van der Waals surface area contributed by atoms with Crippen LogP contribution in [-0.2, 0) is 11.3 Å². The Labute approximate surface area is 187 Å². The number of carbonyl (C=O) groups excluding carboxylic acids is 1. The summed E-state index contributed by atoms with van der Waals surface area (Å²) in [6.45, 7) is 3.30. The fourth-order valence-electron chi connectivity index (χ4n) is 3.17. The van der Waals surface area contributed by atoms with Crippen molar-refractivity contribution in [2.24, 2.45) is 5.10 Å². The van der Waals surface area contributed by atoms with E-state index in [0.717, 1.165) is 11.1 Å². The molecule has 0 radical (unpaired) electrons. The maximum absolute atomic E-state index is 12.1. The van der Waals surface area contributed by atoms with Gasteiger partial charge in [-0.2, -0.15) is 9.90 Å². The van der Waals surface area contributed by atoms with Crippen LogP contribution in [0.3, 0.4) is 0 Å². The lowest BCUT2D eigenvalue weighted by Gasteiger charge is -2.05. The van der Waals surface area contributed by atoms with Crippen LogP contribution in [0, 0.1) is 24.0 Å². The van der Waals surface area contributed by atoms with Crippen LogP contribution in [0.1, 0.15) is 16.9 Å². The zero-order chi connectivity index (χ0) is 23.4. The van der Waals surface area contributed by atoms with Gasteiger partial charge < -0.3 is 4.42 Å². The SMILES string of the molecule is Cc1cc([N+](=O)[O-])c(C)cc1-c1ccc(/C=N\NC(=O)Cn2nnc(-c3ccccc3)n2)o1. The van der Waals surface area contributed by atoms with E-state index in [9.17, 15) is 14.9 Å². The summed E-state index contributed by atoms with van der Waals surface area (Å²) in [5, 5.41) is 27.0. The molecule has 33 heavy (non-hydrogen) atoms. The fraction of sp³-hybridized carbons (Fsp3) is 0.136. The Kier molecular flexibility index (Phi) is 6.02. The molecule has 0 saturated heterocycles. The maximum Gasteiger partial charge on any atom is 0.272 e. The number of aromatic nitrogens is 4. The molecule has 1 amide bonds. The van der Waals surface area contributed by atoms with E-state index in [0.29, 0.717) is 28.5 Å². The molecule has 0 atom stereocenters. The highest BCUT2D eigenvalue weighted by Gasteiger charge is 2.16. The number of nitrogens with zero attached hydrogens (tertiary/aromatic N) is 6. The molecule has 0 aliphatic carbocycles. The molecule has 0 saturated carbocycles. The van der Waals surface area contributed by atoms with Crippen LogP contribution in [0.25, 0.3) is 22.7 Å². The molecule has 11 nitrogen and oxygen atoms in total. The van der Waals surface area contributed by atoms with Gasteiger partial charge in [-0.25, -0.2) is 5.43 Å². The van der Waals surface area contributed by atoms with Gasteiger partial charge in [-0.05, 0) is 42.8 Å². The Morgan fingerprint density at radius 2 is 1.97 bits per heavy atom. The molecule has 0 bridgehead atoms. The Balaban J connectivity index is 1.37. The number of carbonyl (C=O) groups is 1. The zero-order valence-electron chi connectivity index (χ0n) is 17.8. The molecule has 4 rings (SSSR count). The number of amides is 1. The average Bonchev–Trinajstić information content (AvgIpc) is 3.45. The third-order valence-electron chi connectivity index (χ3n) is 4.78. The van der Waals surface area contributed by atoms with Gasteiger partial charge in [0.05, 0.1) is 11.1 Å². The lowest BCUT2D eigenvalue weighted by Crippen LogP contribution is -2.24. The second kappa shape index (κ2) is 9.22. The first kappa shape index (κ1) is 21.6. The number of hydrogen-bond acceptors (Lipinski definition) is 8. The molecular formula is C22H19N7O4. The zero-order valence-corrected chi connectivity index (χ0v) is 17.8. The molecule has 0 aliphatic rings. The number of nitrogens with one attached hydrogen (secondary N) is 1. The Morgan fingerprint density at radius 3 is 2.73 bits per heavy atom. The highest BCUT2D eigenvalue weighted by atomic mass is 16.6. The number of furan rings is 1. The van der Waals surface area contributed by atoms with Crippen molar-refractivity contribution in [1.29, 1.82) is 0 Å². The summed E-state index contributed by atoms with van der Waals surface area (Å²) in [5.74, 6) is 0.938. The van der Waals surface area contributed by atoms with Crippen molar-refractivity contribution in [2.75, 3.05) is 0 Å². The van der Waals surface area contributed by atoms with Gasteiger partial charge in [0.25, 0.3) is 11.6 Å². The summed E-state index contributed by atoms with van der Waals surface area (Å²) < 4.78 is 5.75. The van der Waals surface area contributed by atoms with E-state index in [1.807, 2.05) is 30.3 Å². The van der Waals surface area contributed by atoms with Gasteiger partial charge in [0, 0.05) is 22.8 Å². The van der Waals surface area contributed by atoms with Gasteiger partial charge in [0.15, 0.2) is 0 Å². The Hall–Kier alpha value is -4.67. The van der Waals surface area contributed by atoms with Crippen LogP contribution in [0.5, 0.6) is 0 Å². The first-order chi connectivity index (χ1) is 15.9. The number of nitro groups is 1. The molecule has 2 aromatic carbocycles. The van der Waals surface area contributed by atoms with Gasteiger partial charge in [-0.15, -0.1) is 10.2 Å². The molecule has 1 N–H and O–H groups in total. The predicted octanol–water partition coefficient (Wildman–Crippen LogP) is 3.28. The van der Waals surface area contributed by atoms with Gasteiger partial charge in [0.1, 0.15) is 18.1 Å². The molecule has 0 spiro atoms. The van der Waals surface area contributed by atoms with Gasteiger partial charge in [0.2, 0.25) is 5.82 Å². The van der Waals surface area contributed by atoms with Crippen LogP contribution in [0.2, 0.25) is 0 Å². The van der Waals surface area contributed by atoms with Crippen LogP contribution in [0.15, 0.2) is 64.1 Å². The van der Waals surface area contributed by atoms with Gasteiger partial charge in [-0.1, -0.05) is 30.3 Å². The van der Waals surface area contributed by atoms with Crippen molar-refractivity contribution in [3.8, 4) is 22.7 Å². The van der Waals surface area contributed by atoms with Crippen LogP contribution >= 0.6 is 0 Å². The van der Waals surface area contributed by atoms with Crippen molar-refractivity contribution >= 4 is 17.8 Å². The second-order valence-corrected chi connectivity index (χ2v) is 7.22. The summed E-state index contributed by atoms with van der Waals surface area (Å²) in [6, 6.07) is 16.0. The highest BCUT2D eigenvalue weighted by molar-refractivity contribution is 5.81. The summed E-state index contributed by atoms with van der Waals surface area (Å²) in [5.41, 5.74) is 5.24. The third kappa shape index (κ3) is 4.98. The van der Waals surface area contributed by atoms with Crippen LogP contribution in [0.4, 0.5) is 5.69 Å². The normalized spacial score (nSPS) is 11.1. The number of rotatable bonds is 7. The number of nitro benzene ring substituents is 1. The monoisotopic (exact) mass is 445 g/mol. The quantitative estimate of drug-likeness (QED) is 0.261. The molecule has 4 aromatic rings.